The number of rotatable bonds is 3. The SMILES string of the molecule is Fc1cc(Br)ccc1Oc1ccc(Br)cc1CBr. The van der Waals surface area contributed by atoms with Gasteiger partial charge in [0.05, 0.1) is 0 Å². The van der Waals surface area contributed by atoms with Crippen LogP contribution in [0.3, 0.4) is 0 Å². The van der Waals surface area contributed by atoms with Gasteiger partial charge in [-0.25, -0.2) is 4.39 Å². The van der Waals surface area contributed by atoms with E-state index in [0.717, 1.165) is 10.0 Å². The largest absolute Gasteiger partial charge is 0.454 e. The van der Waals surface area contributed by atoms with Crippen molar-refractivity contribution in [2.45, 2.75) is 5.33 Å². The number of ether oxygens (including phenoxy) is 1. The van der Waals surface area contributed by atoms with Gasteiger partial charge in [0.1, 0.15) is 5.75 Å². The van der Waals surface area contributed by atoms with Gasteiger partial charge in [0.15, 0.2) is 11.6 Å². The summed E-state index contributed by atoms with van der Waals surface area (Å²) in [6.07, 6.45) is 0. The Bertz CT molecular complexity index is 572. The summed E-state index contributed by atoms with van der Waals surface area (Å²) in [4.78, 5) is 0. The molecule has 0 saturated carbocycles. The number of hydrogen-bond acceptors (Lipinski definition) is 1. The molecule has 0 spiro atoms. The molecule has 0 atom stereocenters. The van der Waals surface area contributed by atoms with Gasteiger partial charge in [0.2, 0.25) is 0 Å². The minimum atomic E-state index is -0.396. The minimum Gasteiger partial charge on any atom is -0.454 e. The molecule has 0 aliphatic carbocycles. The second-order valence-corrected chi connectivity index (χ2v) is 5.95. The monoisotopic (exact) mass is 436 g/mol. The quantitative estimate of drug-likeness (QED) is 0.531. The van der Waals surface area contributed by atoms with E-state index in [4.69, 9.17) is 4.74 Å². The maximum absolute atomic E-state index is 13.7. The van der Waals surface area contributed by atoms with Crippen LogP contribution in [0.5, 0.6) is 11.5 Å². The van der Waals surface area contributed by atoms with Gasteiger partial charge in [0.25, 0.3) is 0 Å². The first kappa shape index (κ1) is 14.0. The fraction of sp³-hybridized carbons (Fsp3) is 0.0769. The zero-order chi connectivity index (χ0) is 13.1. The predicted molar refractivity (Wildman–Crippen MR) is 80.9 cm³/mol. The molecule has 0 amide bonds. The maximum atomic E-state index is 13.7. The molecule has 0 unspecified atom stereocenters. The van der Waals surface area contributed by atoms with E-state index in [0.29, 0.717) is 15.6 Å². The first-order chi connectivity index (χ1) is 8.60. The van der Waals surface area contributed by atoms with Crippen LogP contribution in [0.25, 0.3) is 0 Å². The molecule has 0 aliphatic heterocycles. The molecule has 5 heteroatoms. The first-order valence-corrected chi connectivity index (χ1v) is 7.78. The highest BCUT2D eigenvalue weighted by molar-refractivity contribution is 9.10. The molecular formula is C13H8Br3FO. The van der Waals surface area contributed by atoms with Crippen LogP contribution in [0.15, 0.2) is 45.3 Å². The Labute approximate surface area is 130 Å². The van der Waals surface area contributed by atoms with Crippen molar-refractivity contribution in [2.75, 3.05) is 0 Å². The van der Waals surface area contributed by atoms with Gasteiger partial charge < -0.3 is 4.74 Å². The molecule has 2 rings (SSSR count). The van der Waals surface area contributed by atoms with E-state index < -0.39 is 5.82 Å². The summed E-state index contributed by atoms with van der Waals surface area (Å²) in [6, 6.07) is 10.3. The van der Waals surface area contributed by atoms with Gasteiger partial charge in [-0.3, -0.25) is 0 Å². The first-order valence-electron chi connectivity index (χ1n) is 5.07. The van der Waals surface area contributed by atoms with Crippen molar-refractivity contribution in [3.05, 3.63) is 56.7 Å². The third-order valence-corrected chi connectivity index (χ3v) is 3.87. The molecule has 0 heterocycles. The molecule has 2 aromatic rings. The normalized spacial score (nSPS) is 10.4. The lowest BCUT2D eigenvalue weighted by Crippen LogP contribution is -1.92. The van der Waals surface area contributed by atoms with E-state index in [9.17, 15) is 4.39 Å². The average molecular weight is 439 g/mol. The average Bonchev–Trinajstić information content (AvgIpc) is 2.34. The van der Waals surface area contributed by atoms with Crippen LogP contribution in [0.1, 0.15) is 5.56 Å². The Morgan fingerprint density at radius 3 is 2.17 bits per heavy atom. The van der Waals surface area contributed by atoms with Crippen LogP contribution in [-0.4, -0.2) is 0 Å². The Kier molecular flexibility index (Phi) is 4.81. The molecular weight excluding hydrogens is 431 g/mol. The van der Waals surface area contributed by atoms with Crippen LogP contribution in [0, 0.1) is 5.82 Å². The summed E-state index contributed by atoms with van der Waals surface area (Å²) in [5.74, 6) is 0.451. The molecule has 18 heavy (non-hydrogen) atoms. The lowest BCUT2D eigenvalue weighted by molar-refractivity contribution is 0.439. The predicted octanol–water partition coefficient (Wildman–Crippen LogP) is 6.04. The number of alkyl halides is 1. The Balaban J connectivity index is 2.33. The van der Waals surface area contributed by atoms with Crippen molar-refractivity contribution >= 4 is 47.8 Å². The maximum Gasteiger partial charge on any atom is 0.166 e. The number of hydrogen-bond donors (Lipinski definition) is 0. The number of halogens is 4. The highest BCUT2D eigenvalue weighted by Crippen LogP contribution is 2.31. The lowest BCUT2D eigenvalue weighted by Gasteiger charge is -2.11. The Hall–Kier alpha value is -0.390. The fourth-order valence-corrected chi connectivity index (χ4v) is 2.61. The van der Waals surface area contributed by atoms with Crippen LogP contribution >= 0.6 is 47.8 Å². The van der Waals surface area contributed by atoms with E-state index in [-0.39, 0.29) is 5.75 Å². The fourth-order valence-electron chi connectivity index (χ4n) is 1.43. The van der Waals surface area contributed by atoms with Crippen molar-refractivity contribution in [1.29, 1.82) is 0 Å². The van der Waals surface area contributed by atoms with Crippen molar-refractivity contribution in [2.24, 2.45) is 0 Å². The molecule has 0 saturated heterocycles. The van der Waals surface area contributed by atoms with Crippen LogP contribution in [-0.2, 0) is 5.33 Å². The molecule has 0 aromatic heterocycles. The third-order valence-electron chi connectivity index (χ3n) is 2.28. The molecule has 0 bridgehead atoms. The highest BCUT2D eigenvalue weighted by atomic mass is 79.9. The summed E-state index contributed by atoms with van der Waals surface area (Å²) in [7, 11) is 0. The van der Waals surface area contributed by atoms with Crippen molar-refractivity contribution in [3.63, 3.8) is 0 Å². The second-order valence-electron chi connectivity index (χ2n) is 3.56. The van der Waals surface area contributed by atoms with E-state index in [1.807, 2.05) is 18.2 Å². The summed E-state index contributed by atoms with van der Waals surface area (Å²) < 4.78 is 20.9. The standard InChI is InChI=1S/C13H8Br3FO/c14-7-8-5-9(15)1-3-12(8)18-13-4-2-10(16)6-11(13)17/h1-6H,7H2. The van der Waals surface area contributed by atoms with Gasteiger partial charge in [-0.05, 0) is 36.4 Å². The molecule has 0 radical (unpaired) electrons. The zero-order valence-corrected chi connectivity index (χ0v) is 13.8. The second kappa shape index (κ2) is 6.17. The van der Waals surface area contributed by atoms with Crippen molar-refractivity contribution in [1.82, 2.24) is 0 Å². The molecule has 1 nitrogen and oxygen atoms in total. The Morgan fingerprint density at radius 1 is 0.944 bits per heavy atom. The van der Waals surface area contributed by atoms with Gasteiger partial charge >= 0.3 is 0 Å². The summed E-state index contributed by atoms with van der Waals surface area (Å²) in [6.45, 7) is 0. The molecule has 0 aliphatic rings. The smallest absolute Gasteiger partial charge is 0.166 e. The highest BCUT2D eigenvalue weighted by Gasteiger charge is 2.09. The van der Waals surface area contributed by atoms with Gasteiger partial charge in [0, 0.05) is 19.8 Å². The number of benzene rings is 2. The summed E-state index contributed by atoms with van der Waals surface area (Å²) in [5, 5.41) is 0.639. The summed E-state index contributed by atoms with van der Waals surface area (Å²) in [5.41, 5.74) is 0.951. The lowest BCUT2D eigenvalue weighted by atomic mass is 10.2. The van der Waals surface area contributed by atoms with Gasteiger partial charge in [-0.2, -0.15) is 0 Å². The van der Waals surface area contributed by atoms with E-state index in [2.05, 4.69) is 47.8 Å². The minimum absolute atomic E-state index is 0.211. The van der Waals surface area contributed by atoms with E-state index >= 15 is 0 Å². The summed E-state index contributed by atoms with van der Waals surface area (Å²) >= 11 is 9.98. The molecule has 0 N–H and O–H groups in total. The third kappa shape index (κ3) is 3.33. The zero-order valence-electron chi connectivity index (χ0n) is 9.09. The molecule has 0 fully saturated rings. The van der Waals surface area contributed by atoms with E-state index in [1.165, 1.54) is 6.07 Å². The van der Waals surface area contributed by atoms with E-state index in [1.54, 1.807) is 12.1 Å². The van der Waals surface area contributed by atoms with Crippen molar-refractivity contribution in [3.8, 4) is 11.5 Å². The Morgan fingerprint density at radius 2 is 1.56 bits per heavy atom. The van der Waals surface area contributed by atoms with Gasteiger partial charge in [-0.1, -0.05) is 47.8 Å². The molecule has 2 aromatic carbocycles. The van der Waals surface area contributed by atoms with Crippen LogP contribution in [0.4, 0.5) is 4.39 Å². The van der Waals surface area contributed by atoms with Crippen LogP contribution < -0.4 is 4.74 Å². The van der Waals surface area contributed by atoms with Crippen LogP contribution in [0.2, 0.25) is 0 Å². The van der Waals surface area contributed by atoms with Gasteiger partial charge in [-0.15, -0.1) is 0 Å². The molecule has 94 valence electrons. The topological polar surface area (TPSA) is 9.23 Å². The van der Waals surface area contributed by atoms with Crippen molar-refractivity contribution < 1.29 is 9.13 Å².